The van der Waals surface area contributed by atoms with Crippen molar-refractivity contribution in [1.82, 2.24) is 4.90 Å². The van der Waals surface area contributed by atoms with E-state index in [0.717, 1.165) is 17.7 Å². The average molecular weight is 388 g/mol. The Morgan fingerprint density at radius 1 is 1.30 bits per heavy atom. The van der Waals surface area contributed by atoms with Crippen LogP contribution in [0, 0.1) is 0 Å². The molecular formula is C19H20N2O5S. The SMILES string of the molecule is CN1C(=O)Cc2cc(C(=O)COC(=O)[C@@H]3CS[C@]4(C)CCC(=O)N34)ccc21. The van der Waals surface area contributed by atoms with Gasteiger partial charge in [-0.1, -0.05) is 0 Å². The monoisotopic (exact) mass is 388 g/mol. The Kier molecular flexibility index (Phi) is 4.25. The quantitative estimate of drug-likeness (QED) is 0.572. The third kappa shape index (κ3) is 2.92. The molecule has 2 amide bonds. The third-order valence-corrected chi connectivity index (χ3v) is 7.05. The summed E-state index contributed by atoms with van der Waals surface area (Å²) in [5, 5.41) is 0. The predicted molar refractivity (Wildman–Crippen MR) is 99.6 cm³/mol. The van der Waals surface area contributed by atoms with E-state index in [9.17, 15) is 19.2 Å². The number of nitrogens with zero attached hydrogens (tertiary/aromatic N) is 2. The van der Waals surface area contributed by atoms with Crippen molar-refractivity contribution in [3.63, 3.8) is 0 Å². The van der Waals surface area contributed by atoms with Crippen molar-refractivity contribution in [2.45, 2.75) is 37.1 Å². The van der Waals surface area contributed by atoms with Crippen LogP contribution in [-0.4, -0.2) is 58.8 Å². The first-order valence-corrected chi connectivity index (χ1v) is 9.84. The highest BCUT2D eigenvalue weighted by molar-refractivity contribution is 8.01. The summed E-state index contributed by atoms with van der Waals surface area (Å²) < 4.78 is 5.23. The largest absolute Gasteiger partial charge is 0.456 e. The van der Waals surface area contributed by atoms with E-state index in [-0.39, 0.29) is 35.5 Å². The maximum absolute atomic E-state index is 12.5. The molecule has 0 aromatic heterocycles. The molecule has 3 heterocycles. The Morgan fingerprint density at radius 3 is 2.85 bits per heavy atom. The normalized spacial score (nSPS) is 26.4. The van der Waals surface area contributed by atoms with Crippen LogP contribution in [0.1, 0.15) is 35.7 Å². The first-order valence-electron chi connectivity index (χ1n) is 8.85. The topological polar surface area (TPSA) is 84.0 Å². The molecule has 0 saturated carbocycles. The van der Waals surface area contributed by atoms with Gasteiger partial charge >= 0.3 is 5.97 Å². The summed E-state index contributed by atoms with van der Waals surface area (Å²) in [5.74, 6) is -0.427. The second-order valence-electron chi connectivity index (χ2n) is 7.27. The zero-order chi connectivity index (χ0) is 19.3. The van der Waals surface area contributed by atoms with Gasteiger partial charge in [0.05, 0.1) is 11.3 Å². The van der Waals surface area contributed by atoms with Crippen LogP contribution in [0.3, 0.4) is 0 Å². The fourth-order valence-electron chi connectivity index (χ4n) is 3.95. The Morgan fingerprint density at radius 2 is 2.07 bits per heavy atom. The highest BCUT2D eigenvalue weighted by Gasteiger charge is 2.53. The van der Waals surface area contributed by atoms with Gasteiger partial charge in [0.2, 0.25) is 11.8 Å². The predicted octanol–water partition coefficient (Wildman–Crippen LogP) is 1.39. The summed E-state index contributed by atoms with van der Waals surface area (Å²) in [6, 6.07) is 4.42. The second kappa shape index (κ2) is 6.37. The molecule has 0 radical (unpaired) electrons. The third-order valence-electron chi connectivity index (χ3n) is 5.54. The van der Waals surface area contributed by atoms with Crippen LogP contribution < -0.4 is 4.90 Å². The van der Waals surface area contributed by atoms with Crippen molar-refractivity contribution in [1.29, 1.82) is 0 Å². The van der Waals surface area contributed by atoms with E-state index >= 15 is 0 Å². The first-order chi connectivity index (χ1) is 12.8. The van der Waals surface area contributed by atoms with Gasteiger partial charge in [0, 0.05) is 30.5 Å². The van der Waals surface area contributed by atoms with E-state index in [0.29, 0.717) is 17.7 Å². The van der Waals surface area contributed by atoms with E-state index in [2.05, 4.69) is 0 Å². The molecule has 0 aliphatic carbocycles. The van der Waals surface area contributed by atoms with E-state index in [4.69, 9.17) is 4.74 Å². The number of ether oxygens (including phenoxy) is 1. The number of likely N-dealkylation sites (N-methyl/N-ethyl adjacent to an activating group) is 1. The van der Waals surface area contributed by atoms with Crippen molar-refractivity contribution in [2.24, 2.45) is 0 Å². The molecule has 3 aliphatic heterocycles. The van der Waals surface area contributed by atoms with Crippen molar-refractivity contribution < 1.29 is 23.9 Å². The fourth-order valence-corrected chi connectivity index (χ4v) is 5.37. The summed E-state index contributed by atoms with van der Waals surface area (Å²) in [4.78, 5) is 51.6. The van der Waals surface area contributed by atoms with Crippen LogP contribution in [-0.2, 0) is 25.5 Å². The van der Waals surface area contributed by atoms with E-state index in [1.165, 1.54) is 0 Å². The first kappa shape index (κ1) is 18.0. The molecular weight excluding hydrogens is 368 g/mol. The minimum Gasteiger partial charge on any atom is -0.456 e. The number of fused-ring (bicyclic) bond motifs is 2. The van der Waals surface area contributed by atoms with Gasteiger partial charge in [0.15, 0.2) is 12.4 Å². The van der Waals surface area contributed by atoms with Crippen molar-refractivity contribution in [3.05, 3.63) is 29.3 Å². The molecule has 1 aromatic rings. The molecule has 0 unspecified atom stereocenters. The maximum atomic E-state index is 12.5. The van der Waals surface area contributed by atoms with Crippen LogP contribution in [0.5, 0.6) is 0 Å². The summed E-state index contributed by atoms with van der Waals surface area (Å²) in [7, 11) is 1.70. The maximum Gasteiger partial charge on any atom is 0.330 e. The highest BCUT2D eigenvalue weighted by atomic mass is 32.2. The number of ketones is 1. The van der Waals surface area contributed by atoms with Crippen LogP contribution in [0.15, 0.2) is 18.2 Å². The van der Waals surface area contributed by atoms with Crippen LogP contribution in [0.25, 0.3) is 0 Å². The Balaban J connectivity index is 1.40. The molecule has 2 atom stereocenters. The number of benzene rings is 1. The molecule has 142 valence electrons. The molecule has 7 nitrogen and oxygen atoms in total. The molecule has 3 aliphatic rings. The molecule has 27 heavy (non-hydrogen) atoms. The number of carbonyl (C=O) groups excluding carboxylic acids is 4. The number of rotatable bonds is 4. The molecule has 0 N–H and O–H groups in total. The number of hydrogen-bond donors (Lipinski definition) is 0. The van der Waals surface area contributed by atoms with Gasteiger partial charge in [-0.3, -0.25) is 14.4 Å². The lowest BCUT2D eigenvalue weighted by molar-refractivity contribution is -0.152. The Labute approximate surface area is 161 Å². The summed E-state index contributed by atoms with van der Waals surface area (Å²) >= 11 is 1.58. The van der Waals surface area contributed by atoms with E-state index in [1.807, 2.05) is 6.92 Å². The van der Waals surface area contributed by atoms with Crippen molar-refractivity contribution in [3.8, 4) is 0 Å². The van der Waals surface area contributed by atoms with Crippen LogP contribution in [0.4, 0.5) is 5.69 Å². The van der Waals surface area contributed by atoms with Crippen LogP contribution in [0.2, 0.25) is 0 Å². The zero-order valence-electron chi connectivity index (χ0n) is 15.2. The number of Topliss-reactive ketones (excluding diaryl/α,β-unsaturated/α-hetero) is 1. The number of thioether (sulfide) groups is 1. The molecule has 1 aromatic carbocycles. The van der Waals surface area contributed by atoms with Gasteiger partial charge < -0.3 is 14.5 Å². The lowest BCUT2D eigenvalue weighted by Crippen LogP contribution is -2.46. The lowest BCUT2D eigenvalue weighted by atomic mass is 10.1. The second-order valence-corrected chi connectivity index (χ2v) is 8.77. The fraction of sp³-hybridized carbons (Fsp3) is 0.474. The van der Waals surface area contributed by atoms with Gasteiger partial charge in [-0.15, -0.1) is 11.8 Å². The highest BCUT2D eigenvalue weighted by Crippen LogP contribution is 2.47. The van der Waals surface area contributed by atoms with Gasteiger partial charge in [-0.25, -0.2) is 4.79 Å². The number of hydrogen-bond acceptors (Lipinski definition) is 6. The molecule has 0 bridgehead atoms. The molecule has 2 saturated heterocycles. The van der Waals surface area contributed by atoms with Gasteiger partial charge in [0.25, 0.3) is 0 Å². The summed E-state index contributed by atoms with van der Waals surface area (Å²) in [6.07, 6.45) is 1.43. The Hall–Kier alpha value is -2.35. The van der Waals surface area contributed by atoms with E-state index < -0.39 is 12.0 Å². The average Bonchev–Trinajstić information content (AvgIpc) is 3.24. The Bertz CT molecular complexity index is 870. The van der Waals surface area contributed by atoms with Gasteiger partial charge in [-0.2, -0.15) is 0 Å². The summed E-state index contributed by atoms with van der Waals surface area (Å²) in [5.41, 5.74) is 2.00. The van der Waals surface area contributed by atoms with Crippen molar-refractivity contribution in [2.75, 3.05) is 24.3 Å². The van der Waals surface area contributed by atoms with E-state index in [1.54, 1.807) is 46.8 Å². The minimum absolute atomic E-state index is 0.0157. The number of anilines is 1. The number of esters is 1. The molecule has 2 fully saturated rings. The molecule has 0 spiro atoms. The lowest BCUT2D eigenvalue weighted by Gasteiger charge is -2.29. The van der Waals surface area contributed by atoms with Gasteiger partial charge in [0.1, 0.15) is 6.04 Å². The van der Waals surface area contributed by atoms with Crippen LogP contribution >= 0.6 is 11.8 Å². The standard InChI is InChI=1S/C19H20N2O5S/c1-19-6-5-16(23)21(19)14(10-27-19)18(25)26-9-15(22)11-3-4-13-12(7-11)8-17(24)20(13)2/h3-4,7,14H,5-6,8-10H2,1-2H3/t14-,19+/m0/s1. The minimum atomic E-state index is -0.630. The molecule has 4 rings (SSSR count). The van der Waals surface area contributed by atoms with Crippen molar-refractivity contribution >= 4 is 41.0 Å². The number of carbonyl (C=O) groups is 4. The summed E-state index contributed by atoms with van der Waals surface area (Å²) in [6.45, 7) is 1.59. The number of amides is 2. The zero-order valence-corrected chi connectivity index (χ0v) is 16.0. The van der Waals surface area contributed by atoms with Gasteiger partial charge in [-0.05, 0) is 37.1 Å². The smallest absolute Gasteiger partial charge is 0.330 e. The molecule has 8 heteroatoms.